The van der Waals surface area contributed by atoms with Crippen LogP contribution in [0.3, 0.4) is 0 Å². The first-order valence-corrected chi connectivity index (χ1v) is 17.1. The van der Waals surface area contributed by atoms with Gasteiger partial charge in [-0.15, -0.1) is 0 Å². The molecule has 38 heavy (non-hydrogen) atoms. The Balaban J connectivity index is 1.26. The van der Waals surface area contributed by atoms with E-state index in [9.17, 15) is 5.11 Å². The second-order valence-corrected chi connectivity index (χ2v) is 15.7. The topological polar surface area (TPSA) is 47.5 Å². The third-order valence-electron chi connectivity index (χ3n) is 13.2. The predicted molar refractivity (Wildman–Crippen MR) is 160 cm³/mol. The second kappa shape index (κ2) is 12.4. The minimum absolute atomic E-state index is 0.0776. The standard InChI is InChI=1S/C34H63N3O/c1-24(2)8-6-9-25(3)28-10-11-29-27-23-32(36-16-7-19-37-20-17-35-18-21-37)31-22-26(38)12-14-34(31,5)30(27)13-15-33(28,29)4/h24-32,35-36,38H,6-23H2,1-5H3/t25-,26+,27?,28-,29?,30?,31?,32-,33-,34-/m1/s1. The van der Waals surface area contributed by atoms with Crippen LogP contribution in [0.15, 0.2) is 0 Å². The molecule has 0 aromatic heterocycles. The summed E-state index contributed by atoms with van der Waals surface area (Å²) in [5.41, 5.74) is 0.975. The lowest BCUT2D eigenvalue weighted by molar-refractivity contribution is -0.141. The molecule has 4 heteroatoms. The summed E-state index contributed by atoms with van der Waals surface area (Å²) in [4.78, 5) is 2.64. The molecular weight excluding hydrogens is 466 g/mol. The van der Waals surface area contributed by atoms with Crippen molar-refractivity contribution in [3.05, 3.63) is 0 Å². The van der Waals surface area contributed by atoms with Crippen molar-refractivity contribution in [2.75, 3.05) is 39.3 Å². The highest BCUT2D eigenvalue weighted by Crippen LogP contribution is 2.68. The number of nitrogens with one attached hydrogen (secondary N) is 2. The molecule has 5 rings (SSSR count). The van der Waals surface area contributed by atoms with Gasteiger partial charge in [-0.05, 0) is 123 Å². The molecule has 5 fully saturated rings. The Morgan fingerprint density at radius 1 is 0.868 bits per heavy atom. The summed E-state index contributed by atoms with van der Waals surface area (Å²) in [6.45, 7) is 19.9. The molecule has 1 saturated heterocycles. The minimum atomic E-state index is -0.0776. The van der Waals surface area contributed by atoms with E-state index in [4.69, 9.17) is 0 Å². The van der Waals surface area contributed by atoms with E-state index in [2.05, 4.69) is 50.2 Å². The van der Waals surface area contributed by atoms with Crippen molar-refractivity contribution in [2.24, 2.45) is 52.3 Å². The molecule has 4 saturated carbocycles. The van der Waals surface area contributed by atoms with Crippen LogP contribution in [-0.2, 0) is 0 Å². The predicted octanol–water partition coefficient (Wildman–Crippen LogP) is 6.33. The smallest absolute Gasteiger partial charge is 0.0543 e. The van der Waals surface area contributed by atoms with Gasteiger partial charge in [-0.2, -0.15) is 0 Å². The van der Waals surface area contributed by atoms with Crippen LogP contribution in [0.4, 0.5) is 0 Å². The molecule has 0 amide bonds. The molecule has 4 aliphatic carbocycles. The number of hydrogen-bond acceptors (Lipinski definition) is 4. The van der Waals surface area contributed by atoms with Gasteiger partial charge in [0.1, 0.15) is 0 Å². The first-order valence-electron chi connectivity index (χ1n) is 17.1. The summed E-state index contributed by atoms with van der Waals surface area (Å²) in [6, 6.07) is 0.601. The van der Waals surface area contributed by atoms with Crippen molar-refractivity contribution in [3.63, 3.8) is 0 Å². The summed E-state index contributed by atoms with van der Waals surface area (Å²) >= 11 is 0. The molecule has 1 aliphatic heterocycles. The molecule has 0 bridgehead atoms. The minimum Gasteiger partial charge on any atom is -0.393 e. The SMILES string of the molecule is CC(C)CCC[C@@H](C)[C@H]1CCC2C3C[C@@H](NCCCN4CCNCC4)C4C[C@@H](O)CC[C@]4(C)C3CC[C@@]21C. The fraction of sp³-hybridized carbons (Fsp3) is 1.00. The lowest BCUT2D eigenvalue weighted by Crippen LogP contribution is -2.61. The van der Waals surface area contributed by atoms with Gasteiger partial charge in [-0.1, -0.05) is 53.9 Å². The van der Waals surface area contributed by atoms with Gasteiger partial charge in [-0.25, -0.2) is 0 Å². The lowest BCUT2D eigenvalue weighted by Gasteiger charge is -2.63. The largest absolute Gasteiger partial charge is 0.393 e. The van der Waals surface area contributed by atoms with Crippen molar-refractivity contribution in [1.82, 2.24) is 15.5 Å². The molecule has 4 nitrogen and oxygen atoms in total. The van der Waals surface area contributed by atoms with E-state index >= 15 is 0 Å². The van der Waals surface area contributed by atoms with Crippen molar-refractivity contribution in [2.45, 2.75) is 124 Å². The molecule has 0 radical (unpaired) electrons. The van der Waals surface area contributed by atoms with E-state index in [1.807, 2.05) is 0 Å². The number of rotatable bonds is 10. The molecule has 4 unspecified atom stereocenters. The molecule has 0 aromatic carbocycles. The van der Waals surface area contributed by atoms with Gasteiger partial charge in [0.05, 0.1) is 6.10 Å². The maximum Gasteiger partial charge on any atom is 0.0543 e. The molecule has 5 aliphatic rings. The van der Waals surface area contributed by atoms with Crippen molar-refractivity contribution >= 4 is 0 Å². The molecule has 0 spiro atoms. The number of aliphatic hydroxyl groups excluding tert-OH is 1. The van der Waals surface area contributed by atoms with E-state index in [-0.39, 0.29) is 6.10 Å². The van der Waals surface area contributed by atoms with Crippen LogP contribution in [0, 0.1) is 52.3 Å². The Morgan fingerprint density at radius 2 is 1.61 bits per heavy atom. The maximum atomic E-state index is 10.8. The quantitative estimate of drug-likeness (QED) is 0.289. The summed E-state index contributed by atoms with van der Waals surface area (Å²) in [7, 11) is 0. The zero-order valence-electron chi connectivity index (χ0n) is 25.8. The molecule has 220 valence electrons. The number of fused-ring (bicyclic) bond motifs is 5. The van der Waals surface area contributed by atoms with Gasteiger partial charge < -0.3 is 20.6 Å². The number of aliphatic hydroxyl groups is 1. The zero-order valence-corrected chi connectivity index (χ0v) is 25.8. The van der Waals surface area contributed by atoms with Crippen LogP contribution in [0.5, 0.6) is 0 Å². The van der Waals surface area contributed by atoms with Crippen LogP contribution in [-0.4, -0.2) is 61.4 Å². The third-order valence-corrected chi connectivity index (χ3v) is 13.2. The van der Waals surface area contributed by atoms with E-state index in [0.717, 1.165) is 68.0 Å². The van der Waals surface area contributed by atoms with Gasteiger partial charge >= 0.3 is 0 Å². The van der Waals surface area contributed by atoms with Crippen LogP contribution in [0.25, 0.3) is 0 Å². The number of hydrogen-bond donors (Lipinski definition) is 3. The van der Waals surface area contributed by atoms with E-state index in [1.165, 1.54) is 83.8 Å². The van der Waals surface area contributed by atoms with E-state index in [0.29, 0.717) is 22.8 Å². The molecule has 3 N–H and O–H groups in total. The van der Waals surface area contributed by atoms with E-state index in [1.54, 1.807) is 0 Å². The van der Waals surface area contributed by atoms with E-state index < -0.39 is 0 Å². The monoisotopic (exact) mass is 529 g/mol. The lowest BCUT2D eigenvalue weighted by atomic mass is 9.43. The van der Waals surface area contributed by atoms with Crippen LogP contribution < -0.4 is 10.6 Å². The highest BCUT2D eigenvalue weighted by atomic mass is 16.3. The molecule has 10 atom stereocenters. The van der Waals surface area contributed by atoms with Crippen molar-refractivity contribution < 1.29 is 5.11 Å². The van der Waals surface area contributed by atoms with Gasteiger partial charge in [0.15, 0.2) is 0 Å². The fourth-order valence-corrected chi connectivity index (χ4v) is 11.1. The van der Waals surface area contributed by atoms with Crippen LogP contribution in [0.2, 0.25) is 0 Å². The Morgan fingerprint density at radius 3 is 2.37 bits per heavy atom. The van der Waals surface area contributed by atoms with Gasteiger partial charge in [-0.3, -0.25) is 0 Å². The highest BCUT2D eigenvalue weighted by Gasteiger charge is 2.62. The zero-order chi connectivity index (χ0) is 26.9. The summed E-state index contributed by atoms with van der Waals surface area (Å²) in [6.07, 6.45) is 16.0. The number of nitrogens with zero attached hydrogens (tertiary/aromatic N) is 1. The first-order chi connectivity index (χ1) is 18.2. The summed E-state index contributed by atoms with van der Waals surface area (Å²) < 4.78 is 0. The Hall–Kier alpha value is -0.160. The van der Waals surface area contributed by atoms with Gasteiger partial charge in [0.25, 0.3) is 0 Å². The summed E-state index contributed by atoms with van der Waals surface area (Å²) in [5, 5.41) is 18.4. The number of piperazine rings is 1. The van der Waals surface area contributed by atoms with Gasteiger partial charge in [0, 0.05) is 32.2 Å². The Kier molecular flexibility index (Phi) is 9.55. The normalized spacial score (nSPS) is 44.4. The van der Waals surface area contributed by atoms with Crippen LogP contribution in [0.1, 0.15) is 112 Å². The summed E-state index contributed by atoms with van der Waals surface area (Å²) in [5.74, 6) is 6.02. The highest BCUT2D eigenvalue weighted by molar-refractivity contribution is 5.12. The Bertz CT molecular complexity index is 752. The fourth-order valence-electron chi connectivity index (χ4n) is 11.1. The molecule has 1 heterocycles. The second-order valence-electron chi connectivity index (χ2n) is 15.7. The molecular formula is C34H63N3O. The van der Waals surface area contributed by atoms with Crippen LogP contribution >= 0.6 is 0 Å². The van der Waals surface area contributed by atoms with Gasteiger partial charge in [0.2, 0.25) is 0 Å². The maximum absolute atomic E-state index is 10.8. The average molecular weight is 530 g/mol. The average Bonchev–Trinajstić information content (AvgIpc) is 3.25. The first kappa shape index (κ1) is 29.3. The Labute approximate surface area is 235 Å². The molecule has 0 aromatic rings. The van der Waals surface area contributed by atoms with Crippen molar-refractivity contribution in [1.29, 1.82) is 0 Å². The third kappa shape index (κ3) is 5.90. The van der Waals surface area contributed by atoms with Crippen molar-refractivity contribution in [3.8, 4) is 0 Å².